The van der Waals surface area contributed by atoms with Crippen molar-refractivity contribution in [3.63, 3.8) is 0 Å². The second-order valence-corrected chi connectivity index (χ2v) is 16.5. The molecule has 0 radical (unpaired) electrons. The highest BCUT2D eigenvalue weighted by atomic mass is 127. The van der Waals surface area contributed by atoms with Gasteiger partial charge in [-0.25, -0.2) is 0 Å². The molecule has 0 heterocycles. The van der Waals surface area contributed by atoms with Crippen LogP contribution < -0.4 is 0 Å². The monoisotopic (exact) mass is 738 g/mol. The molecule has 1 saturated carbocycles. The molecule has 3 rings (SSSR count). The van der Waals surface area contributed by atoms with Gasteiger partial charge in [-0.3, -0.25) is 0 Å². The molecule has 2 aromatic rings. The molecule has 2 nitrogen and oxygen atoms in total. The molecule has 0 saturated heterocycles. The van der Waals surface area contributed by atoms with Crippen molar-refractivity contribution in [1.29, 1.82) is 0 Å². The Morgan fingerprint density at radius 2 is 1.06 bits per heavy atom. The smallest absolute Gasteiger partial charge is 0.132 e. The molecule has 194 valence electrons. The summed E-state index contributed by atoms with van der Waals surface area (Å²) in [6, 6.07) is 8.66. The summed E-state index contributed by atoms with van der Waals surface area (Å²) in [6.07, 6.45) is 6.32. The average Bonchev–Trinajstić information content (AvgIpc) is 2.99. The molecule has 0 spiro atoms. The predicted molar refractivity (Wildman–Crippen MR) is 172 cm³/mol. The zero-order valence-corrected chi connectivity index (χ0v) is 27.8. The highest BCUT2D eigenvalue weighted by Crippen LogP contribution is 2.42. The molecular weight excluding hydrogens is 698 g/mol. The van der Waals surface area contributed by atoms with Gasteiger partial charge in [0.05, 0.1) is 7.14 Å². The van der Waals surface area contributed by atoms with Crippen molar-refractivity contribution in [2.75, 3.05) is 0 Å². The van der Waals surface area contributed by atoms with E-state index in [9.17, 15) is 10.2 Å². The van der Waals surface area contributed by atoms with Crippen LogP contribution >= 0.6 is 68.7 Å². The standard InChI is InChI=1S/C29H40I2O2S2/c1-28(2,3)20-12-18(26(32)22(30)14-20)16-34-24-10-8-7-9-11-25(24)35-17-19-13-21(29(4,5)6)15-23(31)27(19)33/h12-15,24-25,32-33H,7-11,16-17H2,1-6H3. The van der Waals surface area contributed by atoms with Crippen molar-refractivity contribution in [1.82, 2.24) is 0 Å². The number of phenols is 2. The number of halogens is 2. The fourth-order valence-electron chi connectivity index (χ4n) is 4.41. The highest BCUT2D eigenvalue weighted by molar-refractivity contribution is 14.1. The predicted octanol–water partition coefficient (Wildman–Crippen LogP) is 9.77. The highest BCUT2D eigenvalue weighted by Gasteiger charge is 2.27. The van der Waals surface area contributed by atoms with Crippen LogP contribution in [0.1, 0.15) is 95.9 Å². The van der Waals surface area contributed by atoms with Crippen LogP contribution in [-0.4, -0.2) is 20.7 Å². The first-order valence-corrected chi connectivity index (χ1v) is 16.8. The lowest BCUT2D eigenvalue weighted by Crippen LogP contribution is -2.19. The molecule has 2 atom stereocenters. The van der Waals surface area contributed by atoms with Crippen molar-refractivity contribution < 1.29 is 10.2 Å². The van der Waals surface area contributed by atoms with E-state index in [1.165, 1.54) is 43.2 Å². The molecule has 35 heavy (non-hydrogen) atoms. The van der Waals surface area contributed by atoms with Crippen LogP contribution in [0.4, 0.5) is 0 Å². The first kappa shape index (κ1) is 29.8. The second kappa shape index (κ2) is 12.4. The van der Waals surface area contributed by atoms with Crippen LogP contribution in [0.2, 0.25) is 0 Å². The zero-order chi connectivity index (χ0) is 26.0. The maximum absolute atomic E-state index is 10.8. The van der Waals surface area contributed by atoms with Gasteiger partial charge in [-0.15, -0.1) is 0 Å². The molecule has 0 bridgehead atoms. The molecule has 1 aliphatic rings. The summed E-state index contributed by atoms with van der Waals surface area (Å²) in [5, 5.41) is 22.7. The quantitative estimate of drug-likeness (QED) is 0.229. The van der Waals surface area contributed by atoms with E-state index in [1.54, 1.807) is 0 Å². The Bertz CT molecular complexity index is 943. The van der Waals surface area contributed by atoms with Crippen molar-refractivity contribution >= 4 is 68.7 Å². The summed E-state index contributed by atoms with van der Waals surface area (Å²) in [4.78, 5) is 0. The molecule has 0 aliphatic heterocycles. The van der Waals surface area contributed by atoms with E-state index in [-0.39, 0.29) is 10.8 Å². The van der Waals surface area contributed by atoms with Gasteiger partial charge in [-0.05, 0) is 92.1 Å². The lowest BCUT2D eigenvalue weighted by molar-refractivity contribution is 0.464. The van der Waals surface area contributed by atoms with E-state index in [4.69, 9.17) is 0 Å². The third kappa shape index (κ3) is 8.09. The molecule has 0 amide bonds. The van der Waals surface area contributed by atoms with Crippen molar-refractivity contribution in [3.8, 4) is 11.5 Å². The molecule has 2 aromatic carbocycles. The number of thioether (sulfide) groups is 2. The summed E-state index contributed by atoms with van der Waals surface area (Å²) < 4.78 is 1.89. The lowest BCUT2D eigenvalue weighted by Gasteiger charge is -2.26. The first-order chi connectivity index (χ1) is 16.3. The van der Waals surface area contributed by atoms with Gasteiger partial charge in [-0.1, -0.05) is 72.9 Å². The third-order valence-corrected chi connectivity index (χ3v) is 11.6. The van der Waals surface area contributed by atoms with Crippen molar-refractivity contribution in [2.45, 2.75) is 106 Å². The van der Waals surface area contributed by atoms with E-state index in [0.717, 1.165) is 29.8 Å². The fourth-order valence-corrected chi connectivity index (χ4v) is 8.84. The SMILES string of the molecule is CC(C)(C)c1cc(I)c(O)c(CSC2CCCCCC2SCc2cc(C(C)(C)C)cc(I)c2O)c1. The van der Waals surface area contributed by atoms with E-state index >= 15 is 0 Å². The molecule has 2 unspecified atom stereocenters. The number of aromatic hydroxyl groups is 2. The summed E-state index contributed by atoms with van der Waals surface area (Å²) in [6.45, 7) is 13.4. The number of phenolic OH excluding ortho intramolecular Hbond substituents is 2. The van der Waals surface area contributed by atoms with Crippen LogP contribution in [0.15, 0.2) is 24.3 Å². The van der Waals surface area contributed by atoms with Gasteiger partial charge in [-0.2, -0.15) is 23.5 Å². The van der Waals surface area contributed by atoms with Crippen LogP contribution in [0.25, 0.3) is 0 Å². The zero-order valence-electron chi connectivity index (χ0n) is 21.9. The van der Waals surface area contributed by atoms with Gasteiger partial charge in [0.2, 0.25) is 0 Å². The number of benzene rings is 2. The molecule has 1 fully saturated rings. The lowest BCUT2D eigenvalue weighted by atomic mass is 9.86. The molecule has 1 aliphatic carbocycles. The van der Waals surface area contributed by atoms with Gasteiger partial charge in [0.15, 0.2) is 0 Å². The Labute approximate surface area is 248 Å². The van der Waals surface area contributed by atoms with Crippen LogP contribution in [-0.2, 0) is 22.3 Å². The minimum Gasteiger partial charge on any atom is -0.507 e. The number of rotatable bonds is 6. The van der Waals surface area contributed by atoms with Gasteiger partial charge in [0.1, 0.15) is 11.5 Å². The van der Waals surface area contributed by atoms with E-state index < -0.39 is 0 Å². The van der Waals surface area contributed by atoms with E-state index in [2.05, 4.69) is 111 Å². The first-order valence-electron chi connectivity index (χ1n) is 12.5. The Hall–Kier alpha value is 0.200. The Morgan fingerprint density at radius 3 is 1.40 bits per heavy atom. The van der Waals surface area contributed by atoms with E-state index in [1.807, 2.05) is 23.5 Å². The van der Waals surface area contributed by atoms with Gasteiger partial charge < -0.3 is 10.2 Å². The largest absolute Gasteiger partial charge is 0.507 e. The maximum atomic E-state index is 10.8. The summed E-state index contributed by atoms with van der Waals surface area (Å²) in [5.74, 6) is 2.58. The number of hydrogen-bond acceptors (Lipinski definition) is 4. The number of hydrogen-bond donors (Lipinski definition) is 2. The van der Waals surface area contributed by atoms with Gasteiger partial charge in [0, 0.05) is 33.1 Å². The maximum Gasteiger partial charge on any atom is 0.132 e. The summed E-state index contributed by atoms with van der Waals surface area (Å²) in [5.41, 5.74) is 4.82. The molecule has 0 aromatic heterocycles. The summed E-state index contributed by atoms with van der Waals surface area (Å²) >= 11 is 8.56. The molecular formula is C29H40I2O2S2. The molecule has 2 N–H and O–H groups in total. The van der Waals surface area contributed by atoms with Gasteiger partial charge >= 0.3 is 0 Å². The molecule has 6 heteroatoms. The minimum absolute atomic E-state index is 0.0643. The van der Waals surface area contributed by atoms with Crippen LogP contribution in [0.5, 0.6) is 11.5 Å². The van der Waals surface area contributed by atoms with E-state index in [0.29, 0.717) is 22.0 Å². The minimum atomic E-state index is 0.0643. The third-order valence-electron chi connectivity index (χ3n) is 6.81. The van der Waals surface area contributed by atoms with Crippen molar-refractivity contribution in [2.24, 2.45) is 0 Å². The summed E-state index contributed by atoms with van der Waals surface area (Å²) in [7, 11) is 0. The van der Waals surface area contributed by atoms with Crippen molar-refractivity contribution in [3.05, 3.63) is 53.7 Å². The fraction of sp³-hybridized carbons (Fsp3) is 0.586. The Kier molecular flexibility index (Phi) is 10.5. The Balaban J connectivity index is 1.76. The average molecular weight is 739 g/mol. The second-order valence-electron chi connectivity index (χ2n) is 11.8. The van der Waals surface area contributed by atoms with Gasteiger partial charge in [0.25, 0.3) is 0 Å². The van der Waals surface area contributed by atoms with Crippen LogP contribution in [0, 0.1) is 7.14 Å². The normalized spacial score (nSPS) is 19.5. The van der Waals surface area contributed by atoms with Crippen LogP contribution in [0.3, 0.4) is 0 Å². The Morgan fingerprint density at radius 1 is 0.686 bits per heavy atom. The topological polar surface area (TPSA) is 40.5 Å².